The Morgan fingerprint density at radius 1 is 1.36 bits per heavy atom. The van der Waals surface area contributed by atoms with Gasteiger partial charge in [-0.15, -0.1) is 11.3 Å². The Balaban J connectivity index is 1.64. The highest BCUT2D eigenvalue weighted by atomic mass is 32.1. The second kappa shape index (κ2) is 5.25. The van der Waals surface area contributed by atoms with Crippen LogP contribution in [-0.4, -0.2) is 9.97 Å². The molecular weight excluding hydrogens is 294 g/mol. The van der Waals surface area contributed by atoms with Gasteiger partial charge in [0, 0.05) is 10.6 Å². The third-order valence-corrected chi connectivity index (χ3v) is 5.29. The van der Waals surface area contributed by atoms with Crippen LogP contribution in [0.4, 0.5) is 5.69 Å². The summed E-state index contributed by atoms with van der Waals surface area (Å²) in [5, 5.41) is 4.13. The van der Waals surface area contributed by atoms with Crippen molar-refractivity contribution < 1.29 is 0 Å². The van der Waals surface area contributed by atoms with E-state index < -0.39 is 0 Å². The molecule has 5 heteroatoms. The van der Waals surface area contributed by atoms with Crippen LogP contribution in [0.1, 0.15) is 28.2 Å². The number of fused-ring (bicyclic) bond motifs is 3. The van der Waals surface area contributed by atoms with E-state index >= 15 is 0 Å². The van der Waals surface area contributed by atoms with Crippen LogP contribution in [0, 0.1) is 6.92 Å². The minimum atomic E-state index is 0.00504. The maximum absolute atomic E-state index is 12.4. The number of aromatic nitrogens is 2. The van der Waals surface area contributed by atoms with E-state index in [1.807, 2.05) is 12.1 Å². The summed E-state index contributed by atoms with van der Waals surface area (Å²) < 4.78 is 0. The third kappa shape index (κ3) is 2.31. The summed E-state index contributed by atoms with van der Waals surface area (Å²) in [6.45, 7) is 2.59. The van der Waals surface area contributed by atoms with Gasteiger partial charge in [0.2, 0.25) is 0 Å². The standard InChI is InChI=1S/C17H17N3OS/c1-10-4-2-5-11(8-10)18-9-14-19-16(21)15-12-6-3-7-13(12)22-17(15)20-14/h2,4-5,8,18H,3,6-7,9H2,1H3,(H,19,20,21). The lowest BCUT2D eigenvalue weighted by atomic mass is 10.2. The monoisotopic (exact) mass is 311 g/mol. The van der Waals surface area contributed by atoms with Crippen molar-refractivity contribution in [1.29, 1.82) is 0 Å². The van der Waals surface area contributed by atoms with Gasteiger partial charge >= 0.3 is 0 Å². The van der Waals surface area contributed by atoms with E-state index in [-0.39, 0.29) is 5.56 Å². The van der Waals surface area contributed by atoms with Crippen LogP contribution >= 0.6 is 11.3 Å². The topological polar surface area (TPSA) is 57.8 Å². The number of thiophene rings is 1. The van der Waals surface area contributed by atoms with Gasteiger partial charge < -0.3 is 10.3 Å². The van der Waals surface area contributed by atoms with Crippen molar-refractivity contribution in [2.45, 2.75) is 32.7 Å². The SMILES string of the molecule is Cc1cccc(NCc2nc3sc4c(c3c(=O)[nH]2)CCC4)c1. The lowest BCUT2D eigenvalue weighted by Gasteiger charge is -2.06. The number of benzene rings is 1. The largest absolute Gasteiger partial charge is 0.378 e. The van der Waals surface area contributed by atoms with Gasteiger partial charge in [-0.2, -0.15) is 0 Å². The Bertz CT molecular complexity index is 910. The molecule has 0 unspecified atom stereocenters. The average Bonchev–Trinajstić information content (AvgIpc) is 3.05. The number of hydrogen-bond acceptors (Lipinski definition) is 4. The van der Waals surface area contributed by atoms with E-state index in [0.717, 1.165) is 35.2 Å². The van der Waals surface area contributed by atoms with Crippen LogP contribution in [0.15, 0.2) is 29.1 Å². The maximum atomic E-state index is 12.4. The molecule has 0 radical (unpaired) electrons. The highest BCUT2D eigenvalue weighted by Crippen LogP contribution is 2.34. The minimum Gasteiger partial charge on any atom is -0.378 e. The van der Waals surface area contributed by atoms with E-state index in [4.69, 9.17) is 0 Å². The quantitative estimate of drug-likeness (QED) is 0.779. The Hall–Kier alpha value is -2.14. The molecule has 4 nitrogen and oxygen atoms in total. The molecule has 0 amide bonds. The lowest BCUT2D eigenvalue weighted by molar-refractivity contribution is 0.913. The third-order valence-electron chi connectivity index (χ3n) is 4.10. The Kier molecular flexibility index (Phi) is 3.22. The highest BCUT2D eigenvalue weighted by Gasteiger charge is 2.20. The number of aryl methyl sites for hydroxylation is 3. The van der Waals surface area contributed by atoms with Crippen molar-refractivity contribution in [3.8, 4) is 0 Å². The van der Waals surface area contributed by atoms with Gasteiger partial charge in [0.15, 0.2) is 0 Å². The summed E-state index contributed by atoms with van der Waals surface area (Å²) in [6.07, 6.45) is 3.26. The van der Waals surface area contributed by atoms with Gasteiger partial charge in [0.05, 0.1) is 11.9 Å². The van der Waals surface area contributed by atoms with Crippen molar-refractivity contribution >= 4 is 27.2 Å². The molecule has 2 heterocycles. The molecule has 112 valence electrons. The van der Waals surface area contributed by atoms with E-state index in [1.165, 1.54) is 16.0 Å². The predicted octanol–water partition coefficient (Wildman–Crippen LogP) is 3.39. The molecule has 0 spiro atoms. The number of hydrogen-bond donors (Lipinski definition) is 2. The summed E-state index contributed by atoms with van der Waals surface area (Å²) in [5.41, 5.74) is 3.48. The molecule has 0 saturated carbocycles. The number of aromatic amines is 1. The van der Waals surface area contributed by atoms with Crippen molar-refractivity contribution in [3.63, 3.8) is 0 Å². The molecule has 0 saturated heterocycles. The molecule has 3 aromatic rings. The zero-order valence-electron chi connectivity index (χ0n) is 12.4. The molecule has 0 atom stereocenters. The molecule has 0 bridgehead atoms. The van der Waals surface area contributed by atoms with Crippen LogP contribution in [0.5, 0.6) is 0 Å². The molecule has 1 aliphatic rings. The van der Waals surface area contributed by atoms with Crippen LogP contribution in [0.3, 0.4) is 0 Å². The second-order valence-corrected chi connectivity index (χ2v) is 6.86. The van der Waals surface area contributed by atoms with Crippen molar-refractivity contribution in [2.75, 3.05) is 5.32 Å². The molecule has 0 aliphatic heterocycles. The Labute approximate surface area is 132 Å². The zero-order valence-corrected chi connectivity index (χ0v) is 13.2. The fourth-order valence-corrected chi connectivity index (χ4v) is 4.35. The smallest absolute Gasteiger partial charge is 0.259 e. The summed E-state index contributed by atoms with van der Waals surface area (Å²) in [5.74, 6) is 0.693. The fraction of sp³-hybridized carbons (Fsp3) is 0.294. The summed E-state index contributed by atoms with van der Waals surface area (Å²) in [7, 11) is 0. The molecule has 0 fully saturated rings. The van der Waals surface area contributed by atoms with Gasteiger partial charge in [-0.1, -0.05) is 12.1 Å². The molecule has 2 aromatic heterocycles. The van der Waals surface area contributed by atoms with Crippen LogP contribution in [0.25, 0.3) is 10.2 Å². The first-order valence-corrected chi connectivity index (χ1v) is 8.36. The first-order chi connectivity index (χ1) is 10.7. The molecule has 1 aromatic carbocycles. The Morgan fingerprint density at radius 3 is 3.14 bits per heavy atom. The number of rotatable bonds is 3. The molecule has 4 rings (SSSR count). The minimum absolute atomic E-state index is 0.00504. The van der Waals surface area contributed by atoms with Crippen molar-refractivity contribution in [3.05, 3.63) is 56.4 Å². The number of nitrogens with zero attached hydrogens (tertiary/aromatic N) is 1. The van der Waals surface area contributed by atoms with Crippen LogP contribution in [0.2, 0.25) is 0 Å². The van der Waals surface area contributed by atoms with Gasteiger partial charge in [-0.25, -0.2) is 4.98 Å². The van der Waals surface area contributed by atoms with Crippen molar-refractivity contribution in [2.24, 2.45) is 0 Å². The van der Waals surface area contributed by atoms with Gasteiger partial charge in [-0.3, -0.25) is 4.79 Å². The normalized spacial score (nSPS) is 13.5. The molecule has 22 heavy (non-hydrogen) atoms. The van der Waals surface area contributed by atoms with E-state index in [9.17, 15) is 4.79 Å². The van der Waals surface area contributed by atoms with Crippen molar-refractivity contribution in [1.82, 2.24) is 9.97 Å². The van der Waals surface area contributed by atoms with Gasteiger partial charge in [0.25, 0.3) is 5.56 Å². The van der Waals surface area contributed by atoms with Gasteiger partial charge in [0.1, 0.15) is 10.7 Å². The zero-order chi connectivity index (χ0) is 15.1. The predicted molar refractivity (Wildman–Crippen MR) is 90.8 cm³/mol. The summed E-state index contributed by atoms with van der Waals surface area (Å²) >= 11 is 1.68. The molecule has 2 N–H and O–H groups in total. The summed E-state index contributed by atoms with van der Waals surface area (Å²) in [6, 6.07) is 8.17. The van der Waals surface area contributed by atoms with Crippen LogP contribution in [-0.2, 0) is 19.4 Å². The van der Waals surface area contributed by atoms with E-state index in [0.29, 0.717) is 12.4 Å². The second-order valence-electron chi connectivity index (χ2n) is 5.77. The number of H-pyrrole nitrogens is 1. The summed E-state index contributed by atoms with van der Waals surface area (Å²) in [4.78, 5) is 22.2. The highest BCUT2D eigenvalue weighted by molar-refractivity contribution is 7.18. The average molecular weight is 311 g/mol. The van der Waals surface area contributed by atoms with E-state index in [2.05, 4.69) is 34.3 Å². The van der Waals surface area contributed by atoms with Crippen LogP contribution < -0.4 is 10.9 Å². The van der Waals surface area contributed by atoms with Gasteiger partial charge in [-0.05, 0) is 49.4 Å². The molecular formula is C17H17N3OS. The first-order valence-electron chi connectivity index (χ1n) is 7.55. The van der Waals surface area contributed by atoms with E-state index in [1.54, 1.807) is 11.3 Å². The maximum Gasteiger partial charge on any atom is 0.259 e. The first kappa shape index (κ1) is 13.5. The number of nitrogens with one attached hydrogen (secondary N) is 2. The number of anilines is 1. The molecule has 1 aliphatic carbocycles. The lowest BCUT2D eigenvalue weighted by Crippen LogP contribution is -2.14. The fourth-order valence-electron chi connectivity index (χ4n) is 3.07. The Morgan fingerprint density at radius 2 is 2.27 bits per heavy atom.